The minimum absolute atomic E-state index is 0.0691. The van der Waals surface area contributed by atoms with Gasteiger partial charge in [-0.1, -0.05) is 18.6 Å². The van der Waals surface area contributed by atoms with Crippen LogP contribution in [-0.4, -0.2) is 68.1 Å². The maximum Gasteiger partial charge on any atom is 0.242 e. The Morgan fingerprint density at radius 3 is 2.56 bits per heavy atom. The molecule has 188 valence electrons. The molecule has 0 aliphatic carbocycles. The number of amides is 3. The molecule has 0 radical (unpaired) electrons. The van der Waals surface area contributed by atoms with Crippen molar-refractivity contribution in [1.82, 2.24) is 15.5 Å². The fourth-order valence-corrected chi connectivity index (χ4v) is 4.86. The third-order valence-electron chi connectivity index (χ3n) is 7.06. The van der Waals surface area contributed by atoms with Gasteiger partial charge >= 0.3 is 0 Å². The smallest absolute Gasteiger partial charge is 0.242 e. The first-order chi connectivity index (χ1) is 16.2. The summed E-state index contributed by atoms with van der Waals surface area (Å²) in [7, 11) is 1.64. The molecule has 8 nitrogen and oxygen atoms in total. The van der Waals surface area contributed by atoms with E-state index in [4.69, 9.17) is 9.47 Å². The van der Waals surface area contributed by atoms with E-state index in [-0.39, 0.29) is 23.8 Å². The normalized spacial score (nSPS) is 24.3. The van der Waals surface area contributed by atoms with E-state index in [2.05, 4.69) is 10.6 Å². The molecule has 2 heterocycles. The van der Waals surface area contributed by atoms with Gasteiger partial charge in [-0.05, 0) is 63.6 Å². The van der Waals surface area contributed by atoms with E-state index in [0.29, 0.717) is 45.6 Å². The lowest BCUT2D eigenvalue weighted by Gasteiger charge is -2.41. The summed E-state index contributed by atoms with van der Waals surface area (Å²) in [5.74, 6) is 0.588. The van der Waals surface area contributed by atoms with Crippen LogP contribution in [0.3, 0.4) is 0 Å². The number of carbonyl (C=O) groups excluding carboxylic acids is 3. The SMILES string of the molecule is COc1ccc(CC(=O)N2CCC3(CCCCOC[C@H](C)NC(=O)[C@H](C)NC3=O)CC2)cc1C. The highest BCUT2D eigenvalue weighted by Crippen LogP contribution is 2.37. The zero-order valence-corrected chi connectivity index (χ0v) is 20.9. The third kappa shape index (κ3) is 6.50. The summed E-state index contributed by atoms with van der Waals surface area (Å²) in [6.45, 7) is 7.72. The molecule has 2 N–H and O–H groups in total. The predicted molar refractivity (Wildman–Crippen MR) is 130 cm³/mol. The van der Waals surface area contributed by atoms with Crippen molar-refractivity contribution in [3.8, 4) is 5.75 Å². The minimum Gasteiger partial charge on any atom is -0.496 e. The number of hydrogen-bond acceptors (Lipinski definition) is 5. The van der Waals surface area contributed by atoms with Gasteiger partial charge in [0, 0.05) is 25.7 Å². The maximum absolute atomic E-state index is 13.4. The van der Waals surface area contributed by atoms with Crippen LogP contribution in [-0.2, 0) is 25.5 Å². The molecule has 2 saturated heterocycles. The van der Waals surface area contributed by atoms with E-state index < -0.39 is 11.5 Å². The molecule has 0 saturated carbocycles. The number of rotatable bonds is 3. The first-order valence-electron chi connectivity index (χ1n) is 12.3. The molecule has 3 amide bonds. The van der Waals surface area contributed by atoms with Crippen LogP contribution in [0, 0.1) is 12.3 Å². The Morgan fingerprint density at radius 2 is 1.88 bits per heavy atom. The number of nitrogens with one attached hydrogen (secondary N) is 2. The molecule has 0 bridgehead atoms. The second-order valence-corrected chi connectivity index (χ2v) is 9.78. The van der Waals surface area contributed by atoms with E-state index in [0.717, 1.165) is 36.1 Å². The summed E-state index contributed by atoms with van der Waals surface area (Å²) >= 11 is 0. The lowest BCUT2D eigenvalue weighted by atomic mass is 9.73. The van der Waals surface area contributed by atoms with Crippen LogP contribution in [0.5, 0.6) is 5.75 Å². The van der Waals surface area contributed by atoms with Crippen molar-refractivity contribution >= 4 is 17.7 Å². The monoisotopic (exact) mass is 473 g/mol. The molecule has 3 rings (SSSR count). The van der Waals surface area contributed by atoms with E-state index in [1.54, 1.807) is 14.0 Å². The highest BCUT2D eigenvalue weighted by atomic mass is 16.5. The zero-order chi connectivity index (χ0) is 24.7. The van der Waals surface area contributed by atoms with Gasteiger partial charge in [0.15, 0.2) is 0 Å². The maximum atomic E-state index is 13.4. The average Bonchev–Trinajstić information content (AvgIpc) is 2.81. The van der Waals surface area contributed by atoms with Crippen molar-refractivity contribution in [3.05, 3.63) is 29.3 Å². The van der Waals surface area contributed by atoms with Gasteiger partial charge in [-0.3, -0.25) is 14.4 Å². The van der Waals surface area contributed by atoms with Gasteiger partial charge in [0.05, 0.1) is 25.6 Å². The van der Waals surface area contributed by atoms with Crippen molar-refractivity contribution < 1.29 is 23.9 Å². The van der Waals surface area contributed by atoms with E-state index >= 15 is 0 Å². The molecule has 2 fully saturated rings. The van der Waals surface area contributed by atoms with Crippen LogP contribution in [0.2, 0.25) is 0 Å². The fraction of sp³-hybridized carbons (Fsp3) is 0.654. The Labute approximate surface area is 202 Å². The fourth-order valence-electron chi connectivity index (χ4n) is 4.86. The molecule has 0 aromatic heterocycles. The second-order valence-electron chi connectivity index (χ2n) is 9.78. The number of aryl methyl sites for hydroxylation is 1. The van der Waals surface area contributed by atoms with E-state index in [1.807, 2.05) is 36.9 Å². The lowest BCUT2D eigenvalue weighted by Crippen LogP contribution is -2.55. The molecular weight excluding hydrogens is 434 g/mol. The predicted octanol–water partition coefficient (Wildman–Crippen LogP) is 2.36. The molecule has 1 aromatic rings. The Bertz CT molecular complexity index is 879. The van der Waals surface area contributed by atoms with Crippen molar-refractivity contribution in [2.24, 2.45) is 5.41 Å². The number of carbonyl (C=O) groups is 3. The van der Waals surface area contributed by atoms with Gasteiger partial charge in [-0.2, -0.15) is 0 Å². The van der Waals surface area contributed by atoms with Gasteiger partial charge in [0.2, 0.25) is 17.7 Å². The van der Waals surface area contributed by atoms with Gasteiger partial charge < -0.3 is 25.0 Å². The lowest BCUT2D eigenvalue weighted by molar-refractivity contribution is -0.142. The zero-order valence-electron chi connectivity index (χ0n) is 20.9. The highest BCUT2D eigenvalue weighted by Gasteiger charge is 2.42. The van der Waals surface area contributed by atoms with Crippen LogP contribution < -0.4 is 15.4 Å². The number of piperidine rings is 1. The van der Waals surface area contributed by atoms with E-state index in [9.17, 15) is 14.4 Å². The summed E-state index contributed by atoms with van der Waals surface area (Å²) < 4.78 is 11.0. The Hall–Kier alpha value is -2.61. The van der Waals surface area contributed by atoms with Crippen LogP contribution in [0.4, 0.5) is 0 Å². The molecule has 34 heavy (non-hydrogen) atoms. The summed E-state index contributed by atoms with van der Waals surface area (Å²) in [4.78, 5) is 40.7. The summed E-state index contributed by atoms with van der Waals surface area (Å²) in [5.41, 5.74) is 1.39. The van der Waals surface area contributed by atoms with Gasteiger partial charge in [-0.25, -0.2) is 0 Å². The molecule has 2 atom stereocenters. The summed E-state index contributed by atoms with van der Waals surface area (Å²) in [6.07, 6.45) is 3.99. The average molecular weight is 474 g/mol. The van der Waals surface area contributed by atoms with Gasteiger partial charge in [0.1, 0.15) is 11.8 Å². The summed E-state index contributed by atoms with van der Waals surface area (Å²) in [5, 5.41) is 5.84. The molecular formula is C26H39N3O5. The molecule has 2 aliphatic rings. The van der Waals surface area contributed by atoms with Crippen molar-refractivity contribution in [3.63, 3.8) is 0 Å². The number of methoxy groups -OCH3 is 1. The second kappa shape index (κ2) is 11.7. The number of likely N-dealkylation sites (tertiary alicyclic amines) is 1. The topological polar surface area (TPSA) is 97.0 Å². The summed E-state index contributed by atoms with van der Waals surface area (Å²) in [6, 6.07) is 5.08. The highest BCUT2D eigenvalue weighted by molar-refractivity contribution is 5.90. The minimum atomic E-state index is -0.620. The molecule has 0 unspecified atom stereocenters. The molecule has 1 aromatic carbocycles. The quantitative estimate of drug-likeness (QED) is 0.703. The van der Waals surface area contributed by atoms with Crippen LogP contribution in [0.15, 0.2) is 18.2 Å². The molecule has 8 heteroatoms. The molecule has 2 aliphatic heterocycles. The first kappa shape index (κ1) is 26.0. The van der Waals surface area contributed by atoms with Crippen LogP contribution >= 0.6 is 0 Å². The Kier molecular flexibility index (Phi) is 8.94. The van der Waals surface area contributed by atoms with Gasteiger partial charge in [-0.15, -0.1) is 0 Å². The van der Waals surface area contributed by atoms with E-state index in [1.165, 1.54) is 0 Å². The molecule has 1 spiro atoms. The van der Waals surface area contributed by atoms with Gasteiger partial charge in [0.25, 0.3) is 0 Å². The number of ether oxygens (including phenoxy) is 2. The van der Waals surface area contributed by atoms with Crippen molar-refractivity contribution in [2.75, 3.05) is 33.4 Å². The Balaban J connectivity index is 1.64. The number of hydrogen-bond donors (Lipinski definition) is 2. The number of benzene rings is 1. The Morgan fingerprint density at radius 1 is 1.15 bits per heavy atom. The largest absolute Gasteiger partial charge is 0.496 e. The van der Waals surface area contributed by atoms with Crippen molar-refractivity contribution in [2.45, 2.75) is 71.4 Å². The van der Waals surface area contributed by atoms with Crippen LogP contribution in [0.25, 0.3) is 0 Å². The van der Waals surface area contributed by atoms with Crippen LogP contribution in [0.1, 0.15) is 57.1 Å². The standard InChI is InChI=1S/C26H39N3O5/c1-18-15-21(7-8-22(18)33-4)16-23(30)29-12-10-26(11-13-29)9-5-6-14-34-17-19(2)27-24(31)20(3)28-25(26)32/h7-8,15,19-20H,5-6,9-14,16-17H2,1-4H3,(H,27,31)(H,28,32)/t19-,20-/m0/s1. The first-order valence-corrected chi connectivity index (χ1v) is 12.3. The third-order valence-corrected chi connectivity index (χ3v) is 7.06. The number of nitrogens with zero attached hydrogens (tertiary/aromatic N) is 1. The van der Waals surface area contributed by atoms with Crippen molar-refractivity contribution in [1.29, 1.82) is 0 Å².